The maximum atomic E-state index is 12.9. The molecule has 9 heteroatoms. The zero-order chi connectivity index (χ0) is 19.2. The Hall–Kier alpha value is -2.42. The molecule has 1 fully saturated rings. The number of ketones is 1. The van der Waals surface area contributed by atoms with Crippen molar-refractivity contribution in [3.8, 4) is 0 Å². The Bertz CT molecular complexity index is 994. The lowest BCUT2D eigenvalue weighted by Crippen LogP contribution is -2.31. The van der Waals surface area contributed by atoms with E-state index < -0.39 is 11.7 Å². The van der Waals surface area contributed by atoms with Crippen molar-refractivity contribution in [3.05, 3.63) is 41.7 Å². The molecule has 0 radical (unpaired) electrons. The molecule has 3 heterocycles. The predicted molar refractivity (Wildman–Crippen MR) is 97.1 cm³/mol. The van der Waals surface area contributed by atoms with Crippen molar-refractivity contribution in [2.24, 2.45) is 7.05 Å². The highest BCUT2D eigenvalue weighted by Gasteiger charge is 2.32. The van der Waals surface area contributed by atoms with Gasteiger partial charge in [0.2, 0.25) is 0 Å². The van der Waals surface area contributed by atoms with Gasteiger partial charge in [-0.2, -0.15) is 18.3 Å². The summed E-state index contributed by atoms with van der Waals surface area (Å²) in [5.41, 5.74) is 0.217. The molecule has 2 aromatic heterocycles. The SMILES string of the molecule is Cn1cc(C(=O)CC2CCCN2c2nc3cc(C(F)(F)F)ccc3s2)cn1. The molecule has 1 saturated heterocycles. The third-order valence-corrected chi connectivity index (χ3v) is 5.85. The number of benzene rings is 1. The fourth-order valence-electron chi connectivity index (χ4n) is 3.41. The fourth-order valence-corrected chi connectivity index (χ4v) is 4.45. The molecule has 0 amide bonds. The van der Waals surface area contributed by atoms with E-state index in [2.05, 4.69) is 10.1 Å². The second kappa shape index (κ2) is 6.63. The molecule has 5 nitrogen and oxygen atoms in total. The topological polar surface area (TPSA) is 51.0 Å². The average molecular weight is 394 g/mol. The van der Waals surface area contributed by atoms with Crippen LogP contribution >= 0.6 is 11.3 Å². The Morgan fingerprint density at radius 1 is 1.37 bits per heavy atom. The van der Waals surface area contributed by atoms with E-state index in [1.165, 1.54) is 17.4 Å². The number of anilines is 1. The monoisotopic (exact) mass is 394 g/mol. The molecule has 0 bridgehead atoms. The minimum Gasteiger partial charge on any atom is -0.345 e. The highest BCUT2D eigenvalue weighted by Crippen LogP contribution is 2.37. The summed E-state index contributed by atoms with van der Waals surface area (Å²) in [5, 5.41) is 4.70. The average Bonchev–Trinajstić information content (AvgIpc) is 3.31. The van der Waals surface area contributed by atoms with Crippen LogP contribution in [0.1, 0.15) is 35.2 Å². The van der Waals surface area contributed by atoms with Gasteiger partial charge in [0.1, 0.15) is 0 Å². The Labute approximate surface area is 157 Å². The molecular weight excluding hydrogens is 377 g/mol. The number of rotatable bonds is 4. The second-order valence-electron chi connectivity index (χ2n) is 6.70. The fraction of sp³-hybridized carbons (Fsp3) is 0.389. The van der Waals surface area contributed by atoms with E-state index in [1.807, 2.05) is 4.90 Å². The zero-order valence-electron chi connectivity index (χ0n) is 14.5. The van der Waals surface area contributed by atoms with Crippen LogP contribution in [0.5, 0.6) is 0 Å². The number of aryl methyl sites for hydroxylation is 1. The highest BCUT2D eigenvalue weighted by atomic mass is 32.1. The maximum absolute atomic E-state index is 12.9. The lowest BCUT2D eigenvalue weighted by Gasteiger charge is -2.23. The molecule has 1 aliphatic heterocycles. The van der Waals surface area contributed by atoms with Gasteiger partial charge in [-0.05, 0) is 31.0 Å². The number of fused-ring (bicyclic) bond motifs is 1. The van der Waals surface area contributed by atoms with Crippen molar-refractivity contribution in [1.82, 2.24) is 14.8 Å². The highest BCUT2D eigenvalue weighted by molar-refractivity contribution is 7.22. The number of carbonyl (C=O) groups excluding carboxylic acids is 1. The third-order valence-electron chi connectivity index (χ3n) is 4.77. The molecule has 142 valence electrons. The number of aromatic nitrogens is 3. The van der Waals surface area contributed by atoms with Crippen molar-refractivity contribution in [2.45, 2.75) is 31.5 Å². The van der Waals surface area contributed by atoms with Crippen molar-refractivity contribution in [2.75, 3.05) is 11.4 Å². The Kier molecular flexibility index (Phi) is 4.41. The molecule has 4 rings (SSSR count). The van der Waals surface area contributed by atoms with Gasteiger partial charge in [0.05, 0.1) is 27.5 Å². The largest absolute Gasteiger partial charge is 0.416 e. The smallest absolute Gasteiger partial charge is 0.345 e. The van der Waals surface area contributed by atoms with Crippen LogP contribution in [0.15, 0.2) is 30.6 Å². The van der Waals surface area contributed by atoms with Gasteiger partial charge in [-0.3, -0.25) is 9.48 Å². The maximum Gasteiger partial charge on any atom is 0.416 e. The number of halogens is 3. The summed E-state index contributed by atoms with van der Waals surface area (Å²) in [7, 11) is 1.76. The Balaban J connectivity index is 1.57. The Morgan fingerprint density at radius 2 is 2.19 bits per heavy atom. The molecule has 1 unspecified atom stereocenters. The van der Waals surface area contributed by atoms with Gasteiger partial charge < -0.3 is 4.90 Å². The van der Waals surface area contributed by atoms with Crippen molar-refractivity contribution >= 4 is 32.5 Å². The van der Waals surface area contributed by atoms with Gasteiger partial charge in [-0.25, -0.2) is 4.98 Å². The van der Waals surface area contributed by atoms with Gasteiger partial charge in [-0.1, -0.05) is 11.3 Å². The molecule has 0 N–H and O–H groups in total. The summed E-state index contributed by atoms with van der Waals surface area (Å²) in [4.78, 5) is 19.0. The van der Waals surface area contributed by atoms with Gasteiger partial charge in [0, 0.05) is 32.3 Å². The zero-order valence-corrected chi connectivity index (χ0v) is 15.3. The van der Waals surface area contributed by atoms with Crippen LogP contribution in [0.4, 0.5) is 18.3 Å². The van der Waals surface area contributed by atoms with Crippen LogP contribution in [0, 0.1) is 0 Å². The quantitative estimate of drug-likeness (QED) is 0.620. The molecule has 27 heavy (non-hydrogen) atoms. The molecule has 0 saturated carbocycles. The summed E-state index contributed by atoms with van der Waals surface area (Å²) in [6.07, 6.45) is 0.986. The van der Waals surface area contributed by atoms with Crippen LogP contribution in [-0.2, 0) is 13.2 Å². The first-order valence-electron chi connectivity index (χ1n) is 8.57. The second-order valence-corrected chi connectivity index (χ2v) is 7.71. The van der Waals surface area contributed by atoms with Crippen molar-refractivity contribution in [1.29, 1.82) is 0 Å². The van der Waals surface area contributed by atoms with Gasteiger partial charge in [0.15, 0.2) is 10.9 Å². The van der Waals surface area contributed by atoms with Crippen LogP contribution in [0.3, 0.4) is 0 Å². The molecule has 1 atom stereocenters. The predicted octanol–water partition coefficient (Wildman–Crippen LogP) is 4.29. The number of nitrogens with zero attached hydrogens (tertiary/aromatic N) is 4. The third kappa shape index (κ3) is 3.55. The number of hydrogen-bond acceptors (Lipinski definition) is 5. The van der Waals surface area contributed by atoms with Crippen molar-refractivity contribution < 1.29 is 18.0 Å². The molecule has 0 aliphatic carbocycles. The van der Waals surface area contributed by atoms with Gasteiger partial charge in [-0.15, -0.1) is 0 Å². The molecular formula is C18H17F3N4OS. The first-order valence-corrected chi connectivity index (χ1v) is 9.39. The van der Waals surface area contributed by atoms with Gasteiger partial charge in [0.25, 0.3) is 0 Å². The van der Waals surface area contributed by atoms with E-state index >= 15 is 0 Å². The van der Waals surface area contributed by atoms with Gasteiger partial charge >= 0.3 is 6.18 Å². The number of Topliss-reactive ketones (excluding diaryl/α,β-unsaturated/α-hetero) is 1. The number of carbonyl (C=O) groups is 1. The first kappa shape index (κ1) is 18.0. The lowest BCUT2D eigenvalue weighted by atomic mass is 10.0. The van der Waals surface area contributed by atoms with E-state index in [0.717, 1.165) is 31.5 Å². The molecule has 3 aromatic rings. The van der Waals surface area contributed by atoms with Crippen molar-refractivity contribution in [3.63, 3.8) is 0 Å². The minimum atomic E-state index is -4.38. The van der Waals surface area contributed by atoms with E-state index in [1.54, 1.807) is 24.1 Å². The minimum absolute atomic E-state index is 0.000329. The summed E-state index contributed by atoms with van der Waals surface area (Å²) < 4.78 is 41.0. The molecule has 0 spiro atoms. The number of alkyl halides is 3. The number of thiazole rings is 1. The van der Waals surface area contributed by atoms with Crippen LogP contribution in [0.2, 0.25) is 0 Å². The number of hydrogen-bond donors (Lipinski definition) is 0. The van der Waals surface area contributed by atoms with Crippen LogP contribution in [0.25, 0.3) is 10.2 Å². The summed E-state index contributed by atoms with van der Waals surface area (Å²) >= 11 is 1.36. The summed E-state index contributed by atoms with van der Waals surface area (Å²) in [6.45, 7) is 0.747. The summed E-state index contributed by atoms with van der Waals surface area (Å²) in [5.74, 6) is 0.0143. The van der Waals surface area contributed by atoms with E-state index in [9.17, 15) is 18.0 Å². The van der Waals surface area contributed by atoms with Crippen LogP contribution in [-0.4, -0.2) is 33.1 Å². The van der Waals surface area contributed by atoms with E-state index in [-0.39, 0.29) is 11.8 Å². The standard InChI is InChI=1S/C18H17F3N4OS/c1-24-10-11(9-22-24)15(26)8-13-3-2-6-25(13)17-23-14-7-12(18(19,20)21)4-5-16(14)27-17/h4-5,7,9-10,13H,2-3,6,8H2,1H3. The summed E-state index contributed by atoms with van der Waals surface area (Å²) in [6, 6.07) is 3.63. The molecule has 1 aromatic carbocycles. The first-order chi connectivity index (χ1) is 12.8. The Morgan fingerprint density at radius 3 is 2.89 bits per heavy atom. The molecule has 1 aliphatic rings. The van der Waals surface area contributed by atoms with E-state index in [0.29, 0.717) is 27.3 Å². The normalized spacial score (nSPS) is 17.8. The van der Waals surface area contributed by atoms with Crippen LogP contribution < -0.4 is 4.90 Å². The lowest BCUT2D eigenvalue weighted by molar-refractivity contribution is -0.137. The van der Waals surface area contributed by atoms with E-state index in [4.69, 9.17) is 0 Å².